The lowest BCUT2D eigenvalue weighted by Crippen LogP contribution is -2.33. The molecule has 1 amide bonds. The Kier molecular flexibility index (Phi) is 4.39. The predicted molar refractivity (Wildman–Crippen MR) is 86.4 cm³/mol. The van der Waals surface area contributed by atoms with Crippen molar-refractivity contribution >= 4 is 29.1 Å². The summed E-state index contributed by atoms with van der Waals surface area (Å²) < 4.78 is 0. The van der Waals surface area contributed by atoms with Crippen molar-refractivity contribution in [3.8, 4) is 0 Å². The van der Waals surface area contributed by atoms with Crippen LogP contribution >= 0.6 is 23.2 Å². The molecule has 2 aromatic carbocycles. The quantitative estimate of drug-likeness (QED) is 0.849. The van der Waals surface area contributed by atoms with Gasteiger partial charge in [0, 0.05) is 22.4 Å². The maximum Gasteiger partial charge on any atom is 0.246 e. The normalized spacial score (nSPS) is 21.4. The van der Waals surface area contributed by atoms with Crippen LogP contribution in [0.15, 0.2) is 48.5 Å². The molecule has 2 atom stereocenters. The van der Waals surface area contributed by atoms with Crippen molar-refractivity contribution in [2.75, 3.05) is 0 Å². The fourth-order valence-electron chi connectivity index (χ4n) is 2.94. The van der Waals surface area contributed by atoms with E-state index < -0.39 is 0 Å². The fraction of sp³-hybridized carbons (Fsp3) is 0.235. The first-order chi connectivity index (χ1) is 10.6. The van der Waals surface area contributed by atoms with Crippen molar-refractivity contribution in [2.45, 2.75) is 24.8 Å². The highest BCUT2D eigenvalue weighted by molar-refractivity contribution is 6.31. The molecule has 114 valence electrons. The van der Waals surface area contributed by atoms with Crippen LogP contribution in [0.4, 0.5) is 0 Å². The lowest BCUT2D eigenvalue weighted by molar-refractivity contribution is -0.165. The Morgan fingerprint density at radius 3 is 2.45 bits per heavy atom. The van der Waals surface area contributed by atoms with Crippen LogP contribution < -0.4 is 0 Å². The summed E-state index contributed by atoms with van der Waals surface area (Å²) in [6, 6.07) is 14.6. The molecule has 3 nitrogen and oxygen atoms in total. The minimum absolute atomic E-state index is 0.0777. The lowest BCUT2D eigenvalue weighted by Gasteiger charge is -2.24. The van der Waals surface area contributed by atoms with E-state index in [2.05, 4.69) is 0 Å². The molecule has 0 bridgehead atoms. The van der Waals surface area contributed by atoms with Crippen molar-refractivity contribution in [1.29, 1.82) is 0 Å². The number of nitrogens with zero attached hydrogens (tertiary/aromatic N) is 1. The second kappa shape index (κ2) is 6.29. The van der Waals surface area contributed by atoms with Crippen molar-refractivity contribution in [3.63, 3.8) is 0 Å². The van der Waals surface area contributed by atoms with E-state index in [4.69, 9.17) is 23.2 Å². The number of carbonyl (C=O) groups excluding carboxylic acids is 1. The van der Waals surface area contributed by atoms with Crippen molar-refractivity contribution in [1.82, 2.24) is 5.06 Å². The van der Waals surface area contributed by atoms with E-state index in [0.29, 0.717) is 16.5 Å². The zero-order valence-electron chi connectivity index (χ0n) is 11.7. The second-order valence-electron chi connectivity index (χ2n) is 5.46. The van der Waals surface area contributed by atoms with Gasteiger partial charge >= 0.3 is 0 Å². The minimum Gasteiger partial charge on any atom is -0.286 e. The smallest absolute Gasteiger partial charge is 0.246 e. The van der Waals surface area contributed by atoms with Gasteiger partial charge in [-0.05, 0) is 35.7 Å². The molecule has 0 unspecified atom stereocenters. The number of rotatable bonds is 3. The van der Waals surface area contributed by atoms with Crippen LogP contribution in [0.2, 0.25) is 10.0 Å². The monoisotopic (exact) mass is 335 g/mol. The number of benzene rings is 2. The van der Waals surface area contributed by atoms with Crippen molar-refractivity contribution < 1.29 is 10.0 Å². The van der Waals surface area contributed by atoms with Gasteiger partial charge in [-0.25, -0.2) is 5.06 Å². The highest BCUT2D eigenvalue weighted by atomic mass is 35.5. The Bertz CT molecular complexity index is 687. The maximum absolute atomic E-state index is 11.9. The first kappa shape index (κ1) is 15.3. The summed E-state index contributed by atoms with van der Waals surface area (Å²) in [5.74, 6) is -0.344. The molecule has 1 N–H and O–H groups in total. The first-order valence-corrected chi connectivity index (χ1v) is 7.81. The third-order valence-electron chi connectivity index (χ3n) is 4.11. The van der Waals surface area contributed by atoms with Crippen LogP contribution in [0.3, 0.4) is 0 Å². The molecular formula is C17H15Cl2NO2. The average molecular weight is 336 g/mol. The molecule has 0 radical (unpaired) electrons. The highest BCUT2D eigenvalue weighted by Gasteiger charge is 2.40. The van der Waals surface area contributed by atoms with Gasteiger partial charge in [-0.15, -0.1) is 0 Å². The van der Waals surface area contributed by atoms with E-state index in [1.807, 2.05) is 36.4 Å². The summed E-state index contributed by atoms with van der Waals surface area (Å²) in [5.41, 5.74) is 1.91. The van der Waals surface area contributed by atoms with Gasteiger partial charge in [0.25, 0.3) is 0 Å². The van der Waals surface area contributed by atoms with Crippen molar-refractivity contribution in [2.24, 2.45) is 0 Å². The van der Waals surface area contributed by atoms with Crippen LogP contribution in [-0.4, -0.2) is 22.2 Å². The largest absolute Gasteiger partial charge is 0.286 e. The molecule has 1 saturated heterocycles. The predicted octanol–water partition coefficient (Wildman–Crippen LogP) is 4.31. The van der Waals surface area contributed by atoms with Gasteiger partial charge in [0.1, 0.15) is 0 Å². The summed E-state index contributed by atoms with van der Waals surface area (Å²) in [4.78, 5) is 11.9. The van der Waals surface area contributed by atoms with Gasteiger partial charge in [0.05, 0.1) is 6.04 Å². The topological polar surface area (TPSA) is 40.5 Å². The number of carbonyl (C=O) groups is 1. The van der Waals surface area contributed by atoms with Crippen LogP contribution in [0.25, 0.3) is 0 Å². The second-order valence-corrected chi connectivity index (χ2v) is 6.31. The number of hydrogen-bond acceptors (Lipinski definition) is 2. The number of halogens is 2. The molecule has 1 heterocycles. The Morgan fingerprint density at radius 1 is 1.09 bits per heavy atom. The molecule has 0 saturated carbocycles. The molecule has 1 fully saturated rings. The Morgan fingerprint density at radius 2 is 1.77 bits per heavy atom. The number of amides is 1. The molecule has 0 aliphatic carbocycles. The highest BCUT2D eigenvalue weighted by Crippen LogP contribution is 2.36. The molecule has 5 heteroatoms. The standard InChI is InChI=1S/C17H15Cl2NO2/c18-13-7-5-11(6-8-13)14-10-17(21)20(22)16(14)9-12-3-1-2-4-15(12)19/h1-8,14,16,22H,9-10H2/t14-,16-/m1/s1. The van der Waals surface area contributed by atoms with Crippen LogP contribution in [0.1, 0.15) is 23.5 Å². The Balaban J connectivity index is 1.90. The molecule has 2 aromatic rings. The first-order valence-electron chi connectivity index (χ1n) is 7.06. The third-order valence-corrected chi connectivity index (χ3v) is 4.73. The molecule has 1 aliphatic rings. The number of hydrogen-bond donors (Lipinski definition) is 1. The summed E-state index contributed by atoms with van der Waals surface area (Å²) in [6.45, 7) is 0. The van der Waals surface area contributed by atoms with E-state index in [0.717, 1.165) is 16.2 Å². The Hall–Kier alpha value is -1.55. The molecule has 1 aliphatic heterocycles. The van der Waals surface area contributed by atoms with E-state index in [1.165, 1.54) is 0 Å². The minimum atomic E-state index is -0.325. The summed E-state index contributed by atoms with van der Waals surface area (Å²) in [5, 5.41) is 12.3. The van der Waals surface area contributed by atoms with Gasteiger partial charge in [-0.2, -0.15) is 0 Å². The Labute approximate surface area is 139 Å². The van der Waals surface area contributed by atoms with Crippen molar-refractivity contribution in [3.05, 3.63) is 69.7 Å². The third kappa shape index (κ3) is 2.98. The van der Waals surface area contributed by atoms with Crippen LogP contribution in [-0.2, 0) is 11.2 Å². The van der Waals surface area contributed by atoms with Crippen LogP contribution in [0.5, 0.6) is 0 Å². The number of hydroxylamine groups is 2. The maximum atomic E-state index is 11.9. The zero-order valence-corrected chi connectivity index (χ0v) is 13.3. The van der Waals surface area contributed by atoms with Gasteiger partial charge in [0.2, 0.25) is 5.91 Å². The van der Waals surface area contributed by atoms with Gasteiger partial charge in [-0.3, -0.25) is 10.0 Å². The van der Waals surface area contributed by atoms with Gasteiger partial charge in [0.15, 0.2) is 0 Å². The molecule has 0 spiro atoms. The van der Waals surface area contributed by atoms with Crippen LogP contribution in [0, 0.1) is 0 Å². The van der Waals surface area contributed by atoms with E-state index >= 15 is 0 Å². The zero-order chi connectivity index (χ0) is 15.7. The summed E-state index contributed by atoms with van der Waals surface area (Å²) >= 11 is 12.1. The van der Waals surface area contributed by atoms with Gasteiger partial charge < -0.3 is 0 Å². The molecular weight excluding hydrogens is 321 g/mol. The summed E-state index contributed by atoms with van der Waals surface area (Å²) in [6.07, 6.45) is 0.794. The molecule has 22 heavy (non-hydrogen) atoms. The SMILES string of the molecule is O=C1C[C@H](c2ccc(Cl)cc2)[C@@H](Cc2ccccc2Cl)N1O. The van der Waals surface area contributed by atoms with E-state index in [-0.39, 0.29) is 24.3 Å². The molecule has 3 rings (SSSR count). The van der Waals surface area contributed by atoms with Gasteiger partial charge in [-0.1, -0.05) is 53.5 Å². The van der Waals surface area contributed by atoms with E-state index in [1.54, 1.807) is 12.1 Å². The lowest BCUT2D eigenvalue weighted by atomic mass is 9.88. The fourth-order valence-corrected chi connectivity index (χ4v) is 3.28. The molecule has 0 aromatic heterocycles. The average Bonchev–Trinajstić information content (AvgIpc) is 2.79. The summed E-state index contributed by atoms with van der Waals surface area (Å²) in [7, 11) is 0. The van der Waals surface area contributed by atoms with E-state index in [9.17, 15) is 10.0 Å².